The second kappa shape index (κ2) is 8.83. The molecule has 0 radical (unpaired) electrons. The van der Waals surface area contributed by atoms with Gasteiger partial charge in [-0.2, -0.15) is 0 Å². The van der Waals surface area contributed by atoms with Crippen molar-refractivity contribution in [2.45, 2.75) is 31.2 Å². The number of carbonyl (C=O) groups excluding carboxylic acids is 1. The minimum Gasteiger partial charge on any atom is -0.493 e. The summed E-state index contributed by atoms with van der Waals surface area (Å²) >= 11 is 1.46. The van der Waals surface area contributed by atoms with Crippen molar-refractivity contribution in [1.29, 1.82) is 0 Å². The third-order valence-electron chi connectivity index (χ3n) is 5.59. The van der Waals surface area contributed by atoms with Crippen molar-refractivity contribution in [3.05, 3.63) is 53.8 Å². The Balaban J connectivity index is 1.33. The van der Waals surface area contributed by atoms with E-state index in [9.17, 15) is 4.79 Å². The van der Waals surface area contributed by atoms with Gasteiger partial charge in [0, 0.05) is 12.2 Å². The molecule has 1 amide bonds. The summed E-state index contributed by atoms with van der Waals surface area (Å²) in [6, 6.07) is 8.82. The van der Waals surface area contributed by atoms with Crippen molar-refractivity contribution in [2.75, 3.05) is 14.2 Å². The smallest absolute Gasteiger partial charge is 0.264 e. The fourth-order valence-electron chi connectivity index (χ4n) is 3.92. The maximum atomic E-state index is 12.3. The van der Waals surface area contributed by atoms with E-state index in [1.807, 2.05) is 37.3 Å². The number of hydrogen-bond donors (Lipinski definition) is 2. The molecule has 0 bridgehead atoms. The highest BCUT2D eigenvalue weighted by Crippen LogP contribution is 2.38. The molecule has 3 aromatic rings. The van der Waals surface area contributed by atoms with E-state index < -0.39 is 0 Å². The van der Waals surface area contributed by atoms with E-state index in [1.54, 1.807) is 25.5 Å². The molecule has 1 fully saturated rings. The first-order valence-corrected chi connectivity index (χ1v) is 11.3. The van der Waals surface area contributed by atoms with Crippen LogP contribution in [-0.2, 0) is 10.5 Å². The van der Waals surface area contributed by atoms with Gasteiger partial charge in [-0.1, -0.05) is 17.8 Å². The third kappa shape index (κ3) is 3.93. The molecule has 2 atom stereocenters. The van der Waals surface area contributed by atoms with Gasteiger partial charge in [0.25, 0.3) is 5.91 Å². The van der Waals surface area contributed by atoms with Crippen molar-refractivity contribution < 1.29 is 23.1 Å². The second-order valence-electron chi connectivity index (χ2n) is 7.54. The van der Waals surface area contributed by atoms with Crippen LogP contribution in [0.2, 0.25) is 0 Å². The number of fused-ring (bicyclic) bond motifs is 1. The van der Waals surface area contributed by atoms with Crippen LogP contribution in [0.25, 0.3) is 11.5 Å². The predicted octanol–water partition coefficient (Wildman–Crippen LogP) is 3.21. The summed E-state index contributed by atoms with van der Waals surface area (Å²) in [6.07, 6.45) is 2.21. The molecule has 2 N–H and O–H groups in total. The Morgan fingerprint density at radius 2 is 2.12 bits per heavy atom. The number of thioether (sulfide) groups is 1. The van der Waals surface area contributed by atoms with Gasteiger partial charge in [0.15, 0.2) is 16.7 Å². The zero-order valence-corrected chi connectivity index (χ0v) is 19.1. The number of hydrazone groups is 1. The lowest BCUT2D eigenvalue weighted by atomic mass is 10.1. The highest BCUT2D eigenvalue weighted by atomic mass is 32.2. The summed E-state index contributed by atoms with van der Waals surface area (Å²) in [7, 11) is 3.17. The van der Waals surface area contributed by atoms with E-state index >= 15 is 0 Å². The minimum absolute atomic E-state index is 0.0967. The van der Waals surface area contributed by atoms with Gasteiger partial charge < -0.3 is 18.3 Å². The predicted molar refractivity (Wildman–Crippen MR) is 121 cm³/mol. The standard InChI is InChI=1S/C22H23N5O5S/c1-12-15(23-21(32-12)13-6-4-7-18(29-2)19(13)30-3)11-33-22-25-24-20(28)16-10-14(26-27(16)22)17-8-5-9-31-17/h4-9,14,16,26H,10-11H2,1-3H3,(H,24,28). The lowest BCUT2D eigenvalue weighted by Gasteiger charge is -2.29. The second-order valence-corrected chi connectivity index (χ2v) is 8.48. The van der Waals surface area contributed by atoms with Crippen LogP contribution in [0.5, 0.6) is 11.5 Å². The third-order valence-corrected chi connectivity index (χ3v) is 6.55. The first-order chi connectivity index (χ1) is 16.1. The minimum atomic E-state index is -0.366. The van der Waals surface area contributed by atoms with Crippen LogP contribution in [0, 0.1) is 6.92 Å². The Morgan fingerprint density at radius 1 is 1.24 bits per heavy atom. The molecule has 0 aliphatic carbocycles. The lowest BCUT2D eigenvalue weighted by Crippen LogP contribution is -2.52. The van der Waals surface area contributed by atoms with Gasteiger partial charge >= 0.3 is 0 Å². The molecule has 11 heteroatoms. The summed E-state index contributed by atoms with van der Waals surface area (Å²) in [5.41, 5.74) is 7.44. The number of benzene rings is 1. The number of rotatable bonds is 6. The largest absolute Gasteiger partial charge is 0.493 e. The van der Waals surface area contributed by atoms with E-state index in [0.29, 0.717) is 46.1 Å². The highest BCUT2D eigenvalue weighted by Gasteiger charge is 2.42. The molecular weight excluding hydrogens is 446 g/mol. The topological polar surface area (TPSA) is 114 Å². The number of methoxy groups -OCH3 is 2. The van der Waals surface area contributed by atoms with Gasteiger partial charge in [0.2, 0.25) is 5.89 Å². The molecule has 2 aromatic heterocycles. The van der Waals surface area contributed by atoms with E-state index in [2.05, 4.69) is 20.9 Å². The number of furan rings is 1. The molecule has 2 aliphatic rings. The zero-order chi connectivity index (χ0) is 22.9. The number of oxazole rings is 1. The van der Waals surface area contributed by atoms with Crippen molar-refractivity contribution in [2.24, 2.45) is 5.10 Å². The number of aromatic nitrogens is 1. The van der Waals surface area contributed by atoms with Crippen LogP contribution in [0.15, 0.2) is 50.5 Å². The molecule has 33 heavy (non-hydrogen) atoms. The van der Waals surface area contributed by atoms with Crippen LogP contribution in [0.3, 0.4) is 0 Å². The average Bonchev–Trinajstić information content (AvgIpc) is 3.58. The number of para-hydroxylation sites is 1. The molecule has 4 heterocycles. The first-order valence-electron chi connectivity index (χ1n) is 10.4. The molecule has 172 valence electrons. The lowest BCUT2D eigenvalue weighted by molar-refractivity contribution is -0.125. The maximum Gasteiger partial charge on any atom is 0.264 e. The van der Waals surface area contributed by atoms with Crippen LogP contribution >= 0.6 is 11.8 Å². The molecule has 2 unspecified atom stereocenters. The summed E-state index contributed by atoms with van der Waals surface area (Å²) in [6.45, 7) is 1.87. The monoisotopic (exact) mass is 469 g/mol. The molecule has 10 nitrogen and oxygen atoms in total. The van der Waals surface area contributed by atoms with E-state index in [1.165, 1.54) is 11.8 Å². The fourth-order valence-corrected chi connectivity index (χ4v) is 4.88. The Labute approximate surface area is 194 Å². The van der Waals surface area contributed by atoms with E-state index in [4.69, 9.17) is 18.3 Å². The zero-order valence-electron chi connectivity index (χ0n) is 18.3. The van der Waals surface area contributed by atoms with Gasteiger partial charge in [0.05, 0.1) is 37.8 Å². The number of ether oxygens (including phenoxy) is 2. The van der Waals surface area contributed by atoms with E-state index in [-0.39, 0.29) is 18.0 Å². The van der Waals surface area contributed by atoms with Gasteiger partial charge in [-0.05, 0) is 31.2 Å². The number of amides is 1. The SMILES string of the molecule is COc1cccc(-c2nc(CSC3=NNC(=O)C4CC(c5ccco5)NN34)c(C)o2)c1OC. The number of nitrogens with one attached hydrogen (secondary N) is 2. The molecule has 2 aliphatic heterocycles. The highest BCUT2D eigenvalue weighted by molar-refractivity contribution is 8.13. The fraction of sp³-hybridized carbons (Fsp3) is 0.318. The average molecular weight is 470 g/mol. The van der Waals surface area contributed by atoms with Crippen molar-refractivity contribution in [1.82, 2.24) is 20.8 Å². The summed E-state index contributed by atoms with van der Waals surface area (Å²) in [5.74, 6) is 3.46. The van der Waals surface area contributed by atoms with Crippen LogP contribution in [-0.4, -0.2) is 41.3 Å². The Morgan fingerprint density at radius 3 is 2.88 bits per heavy atom. The van der Waals surface area contributed by atoms with Crippen molar-refractivity contribution in [3.63, 3.8) is 0 Å². The molecule has 1 aromatic carbocycles. The van der Waals surface area contributed by atoms with Gasteiger partial charge in [0.1, 0.15) is 17.6 Å². The number of amidine groups is 1. The summed E-state index contributed by atoms with van der Waals surface area (Å²) < 4.78 is 22.3. The normalized spacial score (nSPS) is 19.8. The maximum absolute atomic E-state index is 12.3. The number of aryl methyl sites for hydroxylation is 1. The van der Waals surface area contributed by atoms with Crippen molar-refractivity contribution >= 4 is 22.8 Å². The van der Waals surface area contributed by atoms with Crippen LogP contribution in [0.1, 0.15) is 29.7 Å². The number of carbonyl (C=O) groups is 1. The molecule has 1 saturated heterocycles. The number of hydrogen-bond acceptors (Lipinski definition) is 10. The van der Waals surface area contributed by atoms with Gasteiger partial charge in [-0.15, -0.1) is 5.10 Å². The Hall–Kier alpha value is -3.44. The summed E-state index contributed by atoms with van der Waals surface area (Å²) in [5, 5.41) is 6.70. The molecular formula is C22H23N5O5S. The van der Waals surface area contributed by atoms with Gasteiger partial charge in [-0.3, -0.25) is 9.80 Å². The van der Waals surface area contributed by atoms with Crippen LogP contribution < -0.4 is 20.3 Å². The van der Waals surface area contributed by atoms with E-state index in [0.717, 1.165) is 11.5 Å². The first kappa shape index (κ1) is 21.4. The number of hydrazine groups is 1. The summed E-state index contributed by atoms with van der Waals surface area (Å²) in [4.78, 5) is 17.0. The molecule has 0 saturated carbocycles. The Bertz CT molecular complexity index is 1190. The number of nitrogens with zero attached hydrogens (tertiary/aromatic N) is 3. The Kier molecular flexibility index (Phi) is 5.73. The van der Waals surface area contributed by atoms with Crippen LogP contribution in [0.4, 0.5) is 0 Å². The van der Waals surface area contributed by atoms with Crippen molar-refractivity contribution in [3.8, 4) is 23.0 Å². The molecule has 5 rings (SSSR count). The van der Waals surface area contributed by atoms with Gasteiger partial charge in [-0.25, -0.2) is 15.8 Å². The molecule has 0 spiro atoms. The quantitative estimate of drug-likeness (QED) is 0.562.